The third-order valence-corrected chi connectivity index (χ3v) is 2.47. The largest absolute Gasteiger partial charge is 0.357 e. The summed E-state index contributed by atoms with van der Waals surface area (Å²) in [6, 6.07) is 1.81. The number of rotatable bonds is 3. The van der Waals surface area contributed by atoms with E-state index in [0.717, 1.165) is 4.47 Å². The van der Waals surface area contributed by atoms with Crippen molar-refractivity contribution >= 4 is 21.7 Å². The summed E-state index contributed by atoms with van der Waals surface area (Å²) in [7, 11) is 1.89. The van der Waals surface area contributed by atoms with E-state index in [4.69, 9.17) is 0 Å². The van der Waals surface area contributed by atoms with E-state index in [1.807, 2.05) is 17.8 Å². The third-order valence-electron chi connectivity index (χ3n) is 2.06. The average molecular weight is 268 g/mol. The zero-order chi connectivity index (χ0) is 10.8. The van der Waals surface area contributed by atoms with E-state index >= 15 is 0 Å². The number of carbonyl (C=O) groups is 1. The minimum Gasteiger partial charge on any atom is -0.357 e. The molecule has 0 radical (unpaired) electrons. The highest BCUT2D eigenvalue weighted by Crippen LogP contribution is 2.08. The van der Waals surface area contributed by atoms with Gasteiger partial charge in [0.05, 0.1) is 10.7 Å². The van der Waals surface area contributed by atoms with Crippen LogP contribution in [0.15, 0.2) is 35.3 Å². The van der Waals surface area contributed by atoms with Gasteiger partial charge in [0.25, 0.3) is 0 Å². The monoisotopic (exact) mass is 267 g/mol. The van der Waals surface area contributed by atoms with Gasteiger partial charge in [-0.05, 0) is 22.0 Å². The van der Waals surface area contributed by atoms with Gasteiger partial charge in [-0.1, -0.05) is 0 Å². The molecule has 0 spiro atoms. The van der Waals surface area contributed by atoms with Crippen molar-refractivity contribution in [3.8, 4) is 0 Å². The fraction of sp³-hybridized carbons (Fsp3) is 0.200. The van der Waals surface area contributed by atoms with Crippen LogP contribution in [0.5, 0.6) is 0 Å². The molecule has 0 aromatic carbocycles. The standard InChI is InChI=1S/C10H10BrN3O/c1-13-3-2-8(5-13)10(15)7-14-6-9(11)4-12-14/h2-6H,7H2,1H3. The number of Topliss-reactive ketones (excluding diaryl/α,β-unsaturated/α-hetero) is 1. The Kier molecular flexibility index (Phi) is 2.73. The number of carbonyl (C=O) groups excluding carboxylic acids is 1. The molecule has 0 aliphatic carbocycles. The second-order valence-electron chi connectivity index (χ2n) is 3.34. The molecule has 0 amide bonds. The molecule has 0 atom stereocenters. The number of halogens is 1. The van der Waals surface area contributed by atoms with E-state index in [-0.39, 0.29) is 12.3 Å². The number of aromatic nitrogens is 3. The van der Waals surface area contributed by atoms with E-state index in [1.54, 1.807) is 29.3 Å². The fourth-order valence-corrected chi connectivity index (χ4v) is 1.66. The fourth-order valence-electron chi connectivity index (χ4n) is 1.33. The molecule has 0 saturated heterocycles. The lowest BCUT2D eigenvalue weighted by atomic mass is 10.2. The molecule has 5 heteroatoms. The van der Waals surface area contributed by atoms with Crippen molar-refractivity contribution in [3.63, 3.8) is 0 Å². The van der Waals surface area contributed by atoms with Gasteiger partial charge in [0.1, 0.15) is 6.54 Å². The van der Waals surface area contributed by atoms with E-state index in [2.05, 4.69) is 21.0 Å². The van der Waals surface area contributed by atoms with Gasteiger partial charge in [-0.2, -0.15) is 5.10 Å². The van der Waals surface area contributed by atoms with Gasteiger partial charge in [-0.3, -0.25) is 9.48 Å². The van der Waals surface area contributed by atoms with Crippen LogP contribution in [-0.4, -0.2) is 20.1 Å². The first-order chi connectivity index (χ1) is 7.15. The molecule has 2 heterocycles. The first-order valence-corrected chi connectivity index (χ1v) is 5.27. The van der Waals surface area contributed by atoms with E-state index in [1.165, 1.54) is 0 Å². The van der Waals surface area contributed by atoms with Crippen LogP contribution in [0.2, 0.25) is 0 Å². The second-order valence-corrected chi connectivity index (χ2v) is 4.26. The summed E-state index contributed by atoms with van der Waals surface area (Å²) in [6.45, 7) is 0.273. The number of nitrogens with zero attached hydrogens (tertiary/aromatic N) is 3. The molecular weight excluding hydrogens is 258 g/mol. The molecule has 4 nitrogen and oxygen atoms in total. The van der Waals surface area contributed by atoms with E-state index in [0.29, 0.717) is 5.56 Å². The summed E-state index contributed by atoms with van der Waals surface area (Å²) in [5, 5.41) is 4.03. The molecule has 0 aliphatic heterocycles. The Morgan fingerprint density at radius 2 is 2.33 bits per heavy atom. The third kappa shape index (κ3) is 2.36. The molecule has 2 aromatic heterocycles. The quantitative estimate of drug-likeness (QED) is 0.797. The Morgan fingerprint density at radius 3 is 2.87 bits per heavy atom. The summed E-state index contributed by atoms with van der Waals surface area (Å²) in [6.07, 6.45) is 7.10. The van der Waals surface area contributed by atoms with Crippen LogP contribution in [0.1, 0.15) is 10.4 Å². The lowest BCUT2D eigenvalue weighted by Gasteiger charge is -1.98. The average Bonchev–Trinajstić information content (AvgIpc) is 2.75. The maximum Gasteiger partial charge on any atom is 0.185 e. The van der Waals surface area contributed by atoms with Gasteiger partial charge in [0.15, 0.2) is 5.78 Å². The maximum absolute atomic E-state index is 11.7. The first kappa shape index (κ1) is 10.2. The van der Waals surface area contributed by atoms with Gasteiger partial charge in [-0.15, -0.1) is 0 Å². The molecule has 15 heavy (non-hydrogen) atoms. The first-order valence-electron chi connectivity index (χ1n) is 4.48. The Balaban J connectivity index is 2.10. The minimum absolute atomic E-state index is 0.0613. The van der Waals surface area contributed by atoms with Crippen LogP contribution < -0.4 is 0 Å². The highest BCUT2D eigenvalue weighted by atomic mass is 79.9. The molecule has 2 aromatic rings. The molecule has 0 bridgehead atoms. The summed E-state index contributed by atoms with van der Waals surface area (Å²) in [5.41, 5.74) is 0.712. The predicted octanol–water partition coefficient (Wildman–Crippen LogP) is 1.87. The molecule has 0 unspecified atom stereocenters. The molecule has 2 rings (SSSR count). The van der Waals surface area contributed by atoms with Crippen LogP contribution in [0.25, 0.3) is 0 Å². The summed E-state index contributed by atoms with van der Waals surface area (Å²) in [5.74, 6) is 0.0613. The van der Waals surface area contributed by atoms with Crippen molar-refractivity contribution in [3.05, 3.63) is 40.9 Å². The lowest BCUT2D eigenvalue weighted by Crippen LogP contribution is -2.10. The molecule has 0 N–H and O–H groups in total. The van der Waals surface area contributed by atoms with Gasteiger partial charge < -0.3 is 4.57 Å². The van der Waals surface area contributed by atoms with Gasteiger partial charge in [0.2, 0.25) is 0 Å². The second kappa shape index (κ2) is 4.02. The number of hydrogen-bond acceptors (Lipinski definition) is 2. The van der Waals surface area contributed by atoms with E-state index in [9.17, 15) is 4.79 Å². The molecular formula is C10H10BrN3O. The van der Waals surface area contributed by atoms with Crippen LogP contribution in [-0.2, 0) is 13.6 Å². The summed E-state index contributed by atoms with van der Waals surface area (Å²) in [4.78, 5) is 11.7. The van der Waals surface area contributed by atoms with Crippen molar-refractivity contribution in [1.29, 1.82) is 0 Å². The highest BCUT2D eigenvalue weighted by molar-refractivity contribution is 9.10. The smallest absolute Gasteiger partial charge is 0.185 e. The zero-order valence-corrected chi connectivity index (χ0v) is 9.81. The van der Waals surface area contributed by atoms with Crippen molar-refractivity contribution < 1.29 is 4.79 Å². The number of aryl methyl sites for hydroxylation is 1. The van der Waals surface area contributed by atoms with Gasteiger partial charge in [-0.25, -0.2) is 0 Å². The van der Waals surface area contributed by atoms with Crippen LogP contribution >= 0.6 is 15.9 Å². The molecule has 78 valence electrons. The van der Waals surface area contributed by atoms with Crippen LogP contribution in [0.4, 0.5) is 0 Å². The summed E-state index contributed by atoms with van der Waals surface area (Å²) < 4.78 is 4.34. The number of ketones is 1. The molecule has 0 saturated carbocycles. The van der Waals surface area contributed by atoms with Crippen molar-refractivity contribution in [1.82, 2.24) is 14.3 Å². The lowest BCUT2D eigenvalue weighted by molar-refractivity contribution is 0.0967. The maximum atomic E-state index is 11.7. The molecule has 0 aliphatic rings. The number of hydrogen-bond donors (Lipinski definition) is 0. The van der Waals surface area contributed by atoms with Crippen molar-refractivity contribution in [2.24, 2.45) is 7.05 Å². The molecule has 0 fully saturated rings. The highest BCUT2D eigenvalue weighted by Gasteiger charge is 2.08. The summed E-state index contributed by atoms with van der Waals surface area (Å²) >= 11 is 3.28. The topological polar surface area (TPSA) is 39.8 Å². The minimum atomic E-state index is 0.0613. The Labute approximate surface area is 95.6 Å². The van der Waals surface area contributed by atoms with E-state index < -0.39 is 0 Å². The zero-order valence-electron chi connectivity index (χ0n) is 8.22. The van der Waals surface area contributed by atoms with Crippen LogP contribution in [0, 0.1) is 0 Å². The van der Waals surface area contributed by atoms with Gasteiger partial charge in [0, 0.05) is 31.2 Å². The van der Waals surface area contributed by atoms with Crippen molar-refractivity contribution in [2.45, 2.75) is 6.54 Å². The van der Waals surface area contributed by atoms with Gasteiger partial charge >= 0.3 is 0 Å². The SMILES string of the molecule is Cn1ccc(C(=O)Cn2cc(Br)cn2)c1. The Morgan fingerprint density at radius 1 is 1.53 bits per heavy atom. The predicted molar refractivity (Wildman–Crippen MR) is 59.7 cm³/mol. The normalized spacial score (nSPS) is 10.5. The van der Waals surface area contributed by atoms with Crippen LogP contribution in [0.3, 0.4) is 0 Å². The van der Waals surface area contributed by atoms with Crippen molar-refractivity contribution in [2.75, 3.05) is 0 Å². The Hall–Kier alpha value is -1.36. The Bertz CT molecular complexity index is 486.